The van der Waals surface area contributed by atoms with Crippen LogP contribution in [0.15, 0.2) is 41.5 Å². The summed E-state index contributed by atoms with van der Waals surface area (Å²) in [5.74, 6) is -0.253. The average molecular weight is 347 g/mol. The molecule has 0 aromatic heterocycles. The van der Waals surface area contributed by atoms with Gasteiger partial charge in [-0.05, 0) is 31.1 Å². The molecule has 0 bridgehead atoms. The molecular weight excluding hydrogens is 331 g/mol. The van der Waals surface area contributed by atoms with Crippen molar-refractivity contribution in [1.29, 1.82) is 5.26 Å². The van der Waals surface area contributed by atoms with Crippen molar-refractivity contribution < 1.29 is 18.0 Å². The Labute approximate surface area is 143 Å². The van der Waals surface area contributed by atoms with Crippen LogP contribution in [0.5, 0.6) is 0 Å². The van der Waals surface area contributed by atoms with Crippen LogP contribution in [0.3, 0.4) is 0 Å². The molecule has 0 radical (unpaired) electrons. The number of halogens is 3. The predicted molar refractivity (Wildman–Crippen MR) is 85.7 cm³/mol. The molecule has 1 unspecified atom stereocenters. The molecule has 1 aromatic carbocycles. The first-order valence-electron chi connectivity index (χ1n) is 7.87. The fraction of sp³-hybridized carbons (Fsp3) is 0.333. The van der Waals surface area contributed by atoms with E-state index in [9.17, 15) is 23.2 Å². The van der Waals surface area contributed by atoms with E-state index in [-0.39, 0.29) is 18.0 Å². The van der Waals surface area contributed by atoms with Gasteiger partial charge in [0.05, 0.1) is 17.2 Å². The molecule has 2 aliphatic heterocycles. The van der Waals surface area contributed by atoms with E-state index < -0.39 is 23.5 Å². The number of alkyl halides is 3. The van der Waals surface area contributed by atoms with Crippen molar-refractivity contribution in [2.75, 3.05) is 6.54 Å². The fourth-order valence-electron chi connectivity index (χ4n) is 3.14. The van der Waals surface area contributed by atoms with Crippen LogP contribution >= 0.6 is 0 Å². The molecule has 1 saturated heterocycles. The van der Waals surface area contributed by atoms with Gasteiger partial charge < -0.3 is 10.2 Å². The number of amides is 1. The molecule has 25 heavy (non-hydrogen) atoms. The first-order valence-corrected chi connectivity index (χ1v) is 7.87. The third-order valence-corrected chi connectivity index (χ3v) is 4.32. The number of benzene rings is 1. The summed E-state index contributed by atoms with van der Waals surface area (Å²) in [7, 11) is 0. The van der Waals surface area contributed by atoms with Crippen molar-refractivity contribution in [3.8, 4) is 6.07 Å². The zero-order valence-corrected chi connectivity index (χ0v) is 13.5. The summed E-state index contributed by atoms with van der Waals surface area (Å²) in [6, 6.07) is 8.69. The van der Waals surface area contributed by atoms with Gasteiger partial charge in [0.1, 0.15) is 6.17 Å². The summed E-state index contributed by atoms with van der Waals surface area (Å²) in [5, 5.41) is 12.3. The molecule has 3 rings (SSSR count). The zero-order chi connectivity index (χ0) is 18.2. The molecule has 130 valence electrons. The van der Waals surface area contributed by atoms with Gasteiger partial charge in [0.25, 0.3) is 0 Å². The molecule has 1 amide bonds. The molecule has 0 spiro atoms. The van der Waals surface area contributed by atoms with Crippen molar-refractivity contribution in [1.82, 2.24) is 10.2 Å². The Balaban J connectivity index is 2.13. The predicted octanol–water partition coefficient (Wildman–Crippen LogP) is 3.27. The van der Waals surface area contributed by atoms with Gasteiger partial charge in [-0.2, -0.15) is 18.4 Å². The highest BCUT2D eigenvalue weighted by Gasteiger charge is 2.43. The van der Waals surface area contributed by atoms with E-state index in [4.69, 9.17) is 0 Å². The number of likely N-dealkylation sites (tertiary alicyclic amines) is 1. The standard InChI is InChI=1S/C18H16F3N3O/c1-11-4-2-5-12(8-11)15-9-14(18(19,20)21)13(10-22)17(23-15)24-7-3-6-16(24)25/h2,4-5,8-9,17,23H,3,6-7H2,1H3. The van der Waals surface area contributed by atoms with Gasteiger partial charge in [-0.25, -0.2) is 0 Å². The molecule has 2 aliphatic rings. The molecule has 2 heterocycles. The number of rotatable bonds is 2. The maximum atomic E-state index is 13.5. The first-order chi connectivity index (χ1) is 11.8. The number of nitriles is 1. The summed E-state index contributed by atoms with van der Waals surface area (Å²) in [6.07, 6.45) is -3.98. The molecule has 0 saturated carbocycles. The minimum atomic E-state index is -4.68. The quantitative estimate of drug-likeness (QED) is 0.893. The van der Waals surface area contributed by atoms with Crippen LogP contribution in [0.1, 0.15) is 24.0 Å². The second-order valence-corrected chi connectivity index (χ2v) is 6.10. The number of nitrogens with zero attached hydrogens (tertiary/aromatic N) is 2. The topological polar surface area (TPSA) is 56.1 Å². The van der Waals surface area contributed by atoms with Gasteiger partial charge >= 0.3 is 6.18 Å². The van der Waals surface area contributed by atoms with Crippen LogP contribution in [-0.2, 0) is 4.79 Å². The third kappa shape index (κ3) is 3.25. The number of dihydropyridines is 1. The van der Waals surface area contributed by atoms with E-state index in [1.807, 2.05) is 13.0 Å². The largest absolute Gasteiger partial charge is 0.417 e. The Hall–Kier alpha value is -2.75. The van der Waals surface area contributed by atoms with Crippen LogP contribution in [0.4, 0.5) is 13.2 Å². The summed E-state index contributed by atoms with van der Waals surface area (Å²) in [4.78, 5) is 13.4. The summed E-state index contributed by atoms with van der Waals surface area (Å²) in [6.45, 7) is 2.17. The van der Waals surface area contributed by atoms with Crippen LogP contribution in [-0.4, -0.2) is 29.7 Å². The highest BCUT2D eigenvalue weighted by Crippen LogP contribution is 2.37. The second kappa shape index (κ2) is 6.28. The van der Waals surface area contributed by atoms with Crippen LogP contribution in [0.2, 0.25) is 0 Å². The number of allylic oxidation sites excluding steroid dienone is 2. The highest BCUT2D eigenvalue weighted by atomic mass is 19.4. The van der Waals surface area contributed by atoms with Gasteiger partial charge in [-0.1, -0.05) is 23.8 Å². The van der Waals surface area contributed by atoms with E-state index in [0.29, 0.717) is 18.5 Å². The second-order valence-electron chi connectivity index (χ2n) is 6.10. The normalized spacial score (nSPS) is 21.1. The Bertz CT molecular complexity index is 818. The van der Waals surface area contributed by atoms with E-state index in [2.05, 4.69) is 5.32 Å². The number of nitrogens with one attached hydrogen (secondary N) is 1. The average Bonchev–Trinajstić information content (AvgIpc) is 2.98. The van der Waals surface area contributed by atoms with Crippen LogP contribution in [0, 0.1) is 18.3 Å². The molecule has 1 fully saturated rings. The number of hydrogen-bond donors (Lipinski definition) is 1. The lowest BCUT2D eigenvalue weighted by atomic mass is 9.96. The summed E-state index contributed by atoms with van der Waals surface area (Å²) < 4.78 is 40.6. The summed E-state index contributed by atoms with van der Waals surface area (Å²) >= 11 is 0. The smallest absolute Gasteiger partial charge is 0.360 e. The minimum Gasteiger partial charge on any atom is -0.360 e. The number of hydrogen-bond acceptors (Lipinski definition) is 3. The van der Waals surface area contributed by atoms with Gasteiger partial charge in [-0.3, -0.25) is 4.79 Å². The van der Waals surface area contributed by atoms with Crippen LogP contribution < -0.4 is 5.32 Å². The third-order valence-electron chi connectivity index (χ3n) is 4.32. The molecule has 7 heteroatoms. The minimum absolute atomic E-state index is 0.250. The lowest BCUT2D eigenvalue weighted by Crippen LogP contribution is -2.49. The summed E-state index contributed by atoms with van der Waals surface area (Å²) in [5.41, 5.74) is 0.252. The maximum Gasteiger partial charge on any atom is 0.417 e. The van der Waals surface area contributed by atoms with Crippen molar-refractivity contribution in [3.05, 3.63) is 52.6 Å². The van der Waals surface area contributed by atoms with Crippen molar-refractivity contribution in [3.63, 3.8) is 0 Å². The lowest BCUT2D eigenvalue weighted by Gasteiger charge is -2.34. The number of carbonyl (C=O) groups is 1. The van der Waals surface area contributed by atoms with E-state index in [1.54, 1.807) is 24.3 Å². The fourth-order valence-corrected chi connectivity index (χ4v) is 3.14. The molecule has 1 aromatic rings. The van der Waals surface area contributed by atoms with E-state index in [0.717, 1.165) is 11.6 Å². The monoisotopic (exact) mass is 347 g/mol. The zero-order valence-electron chi connectivity index (χ0n) is 13.5. The van der Waals surface area contributed by atoms with Crippen LogP contribution in [0.25, 0.3) is 5.70 Å². The van der Waals surface area contributed by atoms with E-state index >= 15 is 0 Å². The van der Waals surface area contributed by atoms with Gasteiger partial charge in [0.15, 0.2) is 0 Å². The van der Waals surface area contributed by atoms with Crippen molar-refractivity contribution in [2.24, 2.45) is 0 Å². The first kappa shape index (κ1) is 17.1. The highest BCUT2D eigenvalue weighted by molar-refractivity contribution is 5.80. The molecule has 4 nitrogen and oxygen atoms in total. The maximum absolute atomic E-state index is 13.5. The Morgan fingerprint density at radius 3 is 2.68 bits per heavy atom. The number of aryl methyl sites for hydroxylation is 1. The van der Waals surface area contributed by atoms with Gasteiger partial charge in [-0.15, -0.1) is 0 Å². The van der Waals surface area contributed by atoms with Gasteiger partial charge in [0.2, 0.25) is 5.91 Å². The lowest BCUT2D eigenvalue weighted by molar-refractivity contribution is -0.129. The van der Waals surface area contributed by atoms with Gasteiger partial charge in [0, 0.05) is 18.7 Å². The van der Waals surface area contributed by atoms with E-state index in [1.165, 1.54) is 4.90 Å². The Morgan fingerprint density at radius 1 is 1.36 bits per heavy atom. The molecule has 1 N–H and O–H groups in total. The van der Waals surface area contributed by atoms with Crippen molar-refractivity contribution >= 4 is 11.6 Å². The Kier molecular flexibility index (Phi) is 4.29. The molecule has 1 atom stereocenters. The SMILES string of the molecule is Cc1cccc(C2=CC(C(F)(F)F)=C(C#N)C(N3CCCC3=O)N2)c1. The molecular formula is C18H16F3N3O. The van der Waals surface area contributed by atoms with Crippen molar-refractivity contribution in [2.45, 2.75) is 32.1 Å². The molecule has 0 aliphatic carbocycles. The Morgan fingerprint density at radius 2 is 2.12 bits per heavy atom. The number of carbonyl (C=O) groups excluding carboxylic acids is 1.